The van der Waals surface area contributed by atoms with E-state index in [1.165, 1.54) is 6.07 Å². The molecule has 174 valence electrons. The highest BCUT2D eigenvalue weighted by Gasteiger charge is 2.16. The molecule has 0 unspecified atom stereocenters. The number of benzene rings is 2. The van der Waals surface area contributed by atoms with Crippen LogP contribution in [-0.2, 0) is 19.6 Å². The van der Waals surface area contributed by atoms with Crippen molar-refractivity contribution in [2.45, 2.75) is 26.5 Å². The summed E-state index contributed by atoms with van der Waals surface area (Å²) in [5, 5.41) is 7.37. The molecule has 0 radical (unpaired) electrons. The predicted molar refractivity (Wildman–Crippen MR) is 129 cm³/mol. The average molecular weight is 480 g/mol. The number of amides is 1. The summed E-state index contributed by atoms with van der Waals surface area (Å²) in [5.74, 6) is 0.831. The molecule has 6 nitrogen and oxygen atoms in total. The van der Waals surface area contributed by atoms with Gasteiger partial charge in [-0.2, -0.15) is 5.10 Å². The van der Waals surface area contributed by atoms with Gasteiger partial charge >= 0.3 is 0 Å². The zero-order valence-electron chi connectivity index (χ0n) is 18.6. The lowest BCUT2D eigenvalue weighted by Crippen LogP contribution is -2.12. The Bertz CT molecular complexity index is 1310. The molecule has 8 heteroatoms. The topological polar surface area (TPSA) is 69.3 Å². The SMILES string of the molecule is C=CCc1ccccc1OCc1ccc(C(=O)Nc2cc(C)n(Cc3c(F)cccc3Cl)n2)o1. The van der Waals surface area contributed by atoms with Gasteiger partial charge in [0.1, 0.15) is 23.9 Å². The van der Waals surface area contributed by atoms with Crippen LogP contribution in [0.5, 0.6) is 5.75 Å². The van der Waals surface area contributed by atoms with Gasteiger partial charge in [0.2, 0.25) is 0 Å². The Morgan fingerprint density at radius 2 is 2.06 bits per heavy atom. The van der Waals surface area contributed by atoms with Crippen LogP contribution in [0.4, 0.5) is 10.2 Å². The molecule has 0 aliphatic heterocycles. The van der Waals surface area contributed by atoms with Gasteiger partial charge in [-0.3, -0.25) is 9.48 Å². The van der Waals surface area contributed by atoms with Crippen LogP contribution in [0.2, 0.25) is 5.02 Å². The summed E-state index contributed by atoms with van der Waals surface area (Å²) < 4.78 is 27.2. The quantitative estimate of drug-likeness (QED) is 0.291. The maximum absolute atomic E-state index is 14.1. The summed E-state index contributed by atoms with van der Waals surface area (Å²) in [6, 6.07) is 17.2. The summed E-state index contributed by atoms with van der Waals surface area (Å²) in [4.78, 5) is 12.6. The lowest BCUT2D eigenvalue weighted by Gasteiger charge is -2.08. The number of allylic oxidation sites excluding steroid dienone is 1. The second-order valence-corrected chi connectivity index (χ2v) is 8.05. The van der Waals surface area contributed by atoms with Crippen molar-refractivity contribution >= 4 is 23.3 Å². The molecule has 1 N–H and O–H groups in total. The zero-order valence-corrected chi connectivity index (χ0v) is 19.3. The fourth-order valence-corrected chi connectivity index (χ4v) is 3.66. The number of rotatable bonds is 9. The molecule has 2 aromatic heterocycles. The van der Waals surface area contributed by atoms with Crippen molar-refractivity contribution in [2.24, 2.45) is 0 Å². The van der Waals surface area contributed by atoms with Gasteiger partial charge in [0, 0.05) is 22.3 Å². The summed E-state index contributed by atoms with van der Waals surface area (Å²) in [5.41, 5.74) is 2.09. The Morgan fingerprint density at radius 3 is 2.85 bits per heavy atom. The number of furan rings is 1. The normalized spacial score (nSPS) is 10.8. The maximum Gasteiger partial charge on any atom is 0.292 e. The second kappa shape index (κ2) is 10.4. The highest BCUT2D eigenvalue weighted by Crippen LogP contribution is 2.23. The molecule has 0 bridgehead atoms. The molecule has 0 aliphatic carbocycles. The smallest absolute Gasteiger partial charge is 0.292 e. The van der Waals surface area contributed by atoms with Crippen LogP contribution in [0, 0.1) is 12.7 Å². The van der Waals surface area contributed by atoms with Crippen molar-refractivity contribution < 1.29 is 18.3 Å². The van der Waals surface area contributed by atoms with Crippen LogP contribution in [0.3, 0.4) is 0 Å². The van der Waals surface area contributed by atoms with E-state index in [1.807, 2.05) is 37.3 Å². The molecule has 4 rings (SSSR count). The van der Waals surface area contributed by atoms with Gasteiger partial charge in [-0.15, -0.1) is 6.58 Å². The van der Waals surface area contributed by atoms with Crippen molar-refractivity contribution in [2.75, 3.05) is 5.32 Å². The largest absolute Gasteiger partial charge is 0.485 e. The Hall–Kier alpha value is -3.84. The minimum absolute atomic E-state index is 0.127. The third kappa shape index (κ3) is 5.38. The summed E-state index contributed by atoms with van der Waals surface area (Å²) in [6.45, 7) is 5.89. The first kappa shape index (κ1) is 23.3. The number of hydrogen-bond donors (Lipinski definition) is 1. The van der Waals surface area contributed by atoms with E-state index in [4.69, 9.17) is 20.8 Å². The van der Waals surface area contributed by atoms with Gasteiger partial charge in [-0.1, -0.05) is 41.9 Å². The van der Waals surface area contributed by atoms with Crippen LogP contribution in [0.25, 0.3) is 0 Å². The molecule has 0 fully saturated rings. The van der Waals surface area contributed by atoms with E-state index in [2.05, 4.69) is 17.0 Å². The number of halogens is 2. The van der Waals surface area contributed by atoms with E-state index < -0.39 is 11.7 Å². The van der Waals surface area contributed by atoms with Crippen LogP contribution >= 0.6 is 11.6 Å². The van der Waals surface area contributed by atoms with Crippen LogP contribution < -0.4 is 10.1 Å². The van der Waals surface area contributed by atoms with Gasteiger partial charge in [0.15, 0.2) is 11.6 Å². The molecule has 34 heavy (non-hydrogen) atoms. The van der Waals surface area contributed by atoms with Crippen LogP contribution in [-0.4, -0.2) is 15.7 Å². The van der Waals surface area contributed by atoms with Gasteiger partial charge in [0.25, 0.3) is 5.91 Å². The van der Waals surface area contributed by atoms with E-state index in [0.717, 1.165) is 17.0 Å². The van der Waals surface area contributed by atoms with Crippen molar-refractivity contribution in [3.63, 3.8) is 0 Å². The monoisotopic (exact) mass is 479 g/mol. The van der Waals surface area contributed by atoms with Gasteiger partial charge in [-0.25, -0.2) is 4.39 Å². The molecule has 2 aromatic carbocycles. The zero-order chi connectivity index (χ0) is 24.1. The number of nitrogens with one attached hydrogen (secondary N) is 1. The molecular formula is C26H23ClFN3O3. The van der Waals surface area contributed by atoms with E-state index in [1.54, 1.807) is 35.0 Å². The lowest BCUT2D eigenvalue weighted by atomic mass is 10.1. The minimum atomic E-state index is -0.452. The average Bonchev–Trinajstić information content (AvgIpc) is 3.42. The first-order chi connectivity index (χ1) is 16.4. The Kier molecular flexibility index (Phi) is 7.13. The third-order valence-electron chi connectivity index (χ3n) is 5.18. The summed E-state index contributed by atoms with van der Waals surface area (Å²) >= 11 is 6.12. The fourth-order valence-electron chi connectivity index (χ4n) is 3.44. The number of ether oxygens (including phenoxy) is 1. The Morgan fingerprint density at radius 1 is 1.24 bits per heavy atom. The maximum atomic E-state index is 14.1. The molecule has 0 saturated heterocycles. The van der Waals surface area contributed by atoms with Crippen molar-refractivity contribution in [1.82, 2.24) is 9.78 Å². The number of hydrogen-bond acceptors (Lipinski definition) is 4. The number of anilines is 1. The van der Waals surface area contributed by atoms with Gasteiger partial charge in [-0.05, 0) is 49.2 Å². The number of carbonyl (C=O) groups is 1. The first-order valence-electron chi connectivity index (χ1n) is 10.6. The van der Waals surface area contributed by atoms with E-state index in [9.17, 15) is 9.18 Å². The number of para-hydroxylation sites is 1. The summed E-state index contributed by atoms with van der Waals surface area (Å²) in [6.07, 6.45) is 2.50. The number of carbonyl (C=O) groups excluding carboxylic acids is 1. The van der Waals surface area contributed by atoms with E-state index in [-0.39, 0.29) is 18.9 Å². The summed E-state index contributed by atoms with van der Waals surface area (Å²) in [7, 11) is 0. The molecule has 0 spiro atoms. The highest BCUT2D eigenvalue weighted by atomic mass is 35.5. The van der Waals surface area contributed by atoms with Crippen LogP contribution in [0.15, 0.2) is 77.7 Å². The lowest BCUT2D eigenvalue weighted by molar-refractivity contribution is 0.0992. The second-order valence-electron chi connectivity index (χ2n) is 7.64. The first-order valence-corrected chi connectivity index (χ1v) is 11.0. The van der Waals surface area contributed by atoms with Crippen molar-refractivity contribution in [1.29, 1.82) is 0 Å². The molecule has 1 amide bonds. The fraction of sp³-hybridized carbons (Fsp3) is 0.154. The standard InChI is InChI=1S/C26H23ClFN3O3/c1-3-7-18-8-4-5-11-23(18)33-16-19-12-13-24(34-19)26(32)29-25-14-17(2)31(30-25)15-20-21(27)9-6-10-22(20)28/h3-6,8-14H,1,7,15-16H2,2H3,(H,29,30,32). The number of aryl methyl sites for hydroxylation is 1. The van der Waals surface area contributed by atoms with Crippen LogP contribution in [0.1, 0.15) is 33.1 Å². The van der Waals surface area contributed by atoms with E-state index in [0.29, 0.717) is 28.6 Å². The van der Waals surface area contributed by atoms with Gasteiger partial charge < -0.3 is 14.5 Å². The molecule has 2 heterocycles. The molecular weight excluding hydrogens is 457 g/mol. The Balaban J connectivity index is 1.40. The molecule has 0 atom stereocenters. The highest BCUT2D eigenvalue weighted by molar-refractivity contribution is 6.31. The van der Waals surface area contributed by atoms with E-state index >= 15 is 0 Å². The van der Waals surface area contributed by atoms with Crippen molar-refractivity contribution in [3.05, 3.63) is 112 Å². The predicted octanol–water partition coefficient (Wildman–Crippen LogP) is 6.19. The molecule has 4 aromatic rings. The van der Waals surface area contributed by atoms with Gasteiger partial charge in [0.05, 0.1) is 6.54 Å². The number of nitrogens with zero attached hydrogens (tertiary/aromatic N) is 2. The third-order valence-corrected chi connectivity index (χ3v) is 5.54. The number of aromatic nitrogens is 2. The Labute approximate surface area is 201 Å². The molecule has 0 aliphatic rings. The molecule has 0 saturated carbocycles. The minimum Gasteiger partial charge on any atom is -0.485 e. The van der Waals surface area contributed by atoms with Crippen molar-refractivity contribution in [3.8, 4) is 5.75 Å².